The molecule has 8 nitrogen and oxygen atoms in total. The number of fused-ring (bicyclic) bond motifs is 1. The van der Waals surface area contributed by atoms with Gasteiger partial charge in [0.1, 0.15) is 12.1 Å². The number of benzene rings is 1. The molecule has 1 aromatic carbocycles. The Morgan fingerprint density at radius 1 is 1.19 bits per heavy atom. The van der Waals surface area contributed by atoms with Crippen LogP contribution in [0.25, 0.3) is 11.0 Å². The maximum atomic E-state index is 11.9. The minimum absolute atomic E-state index is 0.0508. The number of hydrogen-bond donors (Lipinski definition) is 2. The van der Waals surface area contributed by atoms with Crippen LogP contribution in [0.3, 0.4) is 0 Å². The van der Waals surface area contributed by atoms with Crippen molar-refractivity contribution in [3.8, 4) is 0 Å². The maximum Gasteiger partial charge on any atom is 0.405 e. The van der Waals surface area contributed by atoms with Gasteiger partial charge < -0.3 is 14.5 Å². The summed E-state index contributed by atoms with van der Waals surface area (Å²) in [7, 11) is 0. The zero-order chi connectivity index (χ0) is 20.2. The number of imide groups is 1. The summed E-state index contributed by atoms with van der Waals surface area (Å²) in [6.45, 7) is -2.63. The van der Waals surface area contributed by atoms with E-state index in [1.165, 1.54) is 28.8 Å². The van der Waals surface area contributed by atoms with E-state index in [4.69, 9.17) is 16.0 Å². The van der Waals surface area contributed by atoms with Gasteiger partial charge in [-0.25, -0.2) is 9.59 Å². The SMILES string of the molecule is O=C(COC(=O)c1cc(=O)c2cc(Cl)ccc2o1)NC(=O)NCC(F)(F)F. The summed E-state index contributed by atoms with van der Waals surface area (Å²) >= 11 is 5.75. The van der Waals surface area contributed by atoms with E-state index >= 15 is 0 Å². The van der Waals surface area contributed by atoms with Crippen LogP contribution in [-0.4, -0.2) is 37.2 Å². The van der Waals surface area contributed by atoms with Crippen LogP contribution in [0, 0.1) is 0 Å². The minimum Gasteiger partial charge on any atom is -0.450 e. The number of hydrogen-bond acceptors (Lipinski definition) is 6. The maximum absolute atomic E-state index is 11.9. The molecule has 0 unspecified atom stereocenters. The van der Waals surface area contributed by atoms with E-state index in [1.54, 1.807) is 0 Å². The Hall–Kier alpha value is -3.08. The summed E-state index contributed by atoms with van der Waals surface area (Å²) in [6.07, 6.45) is -4.65. The number of rotatable bonds is 4. The molecule has 0 atom stereocenters. The molecule has 0 saturated heterocycles. The Morgan fingerprint density at radius 3 is 2.56 bits per heavy atom. The van der Waals surface area contributed by atoms with Gasteiger partial charge >= 0.3 is 18.2 Å². The number of ether oxygens (including phenoxy) is 1. The number of carbonyl (C=O) groups is 3. The van der Waals surface area contributed by atoms with Crippen LogP contribution in [0.2, 0.25) is 5.02 Å². The Balaban J connectivity index is 1.94. The molecule has 0 radical (unpaired) electrons. The fraction of sp³-hybridized carbons (Fsp3) is 0.200. The number of halogens is 4. The number of carbonyl (C=O) groups excluding carboxylic acids is 3. The van der Waals surface area contributed by atoms with Crippen LogP contribution in [0.15, 0.2) is 33.5 Å². The van der Waals surface area contributed by atoms with E-state index < -0.39 is 48.4 Å². The van der Waals surface area contributed by atoms with Gasteiger partial charge in [0, 0.05) is 11.1 Å². The summed E-state index contributed by atoms with van der Waals surface area (Å²) in [5.41, 5.74) is -0.531. The van der Waals surface area contributed by atoms with Crippen molar-refractivity contribution in [2.45, 2.75) is 6.18 Å². The van der Waals surface area contributed by atoms with Crippen molar-refractivity contribution in [2.24, 2.45) is 0 Å². The molecule has 144 valence electrons. The number of nitrogens with one attached hydrogen (secondary N) is 2. The smallest absolute Gasteiger partial charge is 0.405 e. The topological polar surface area (TPSA) is 115 Å². The van der Waals surface area contributed by atoms with Gasteiger partial charge in [-0.3, -0.25) is 14.9 Å². The molecule has 2 rings (SSSR count). The minimum atomic E-state index is -4.65. The Morgan fingerprint density at radius 2 is 1.89 bits per heavy atom. The van der Waals surface area contributed by atoms with E-state index in [9.17, 15) is 32.3 Å². The van der Waals surface area contributed by atoms with Gasteiger partial charge in [-0.2, -0.15) is 13.2 Å². The zero-order valence-electron chi connectivity index (χ0n) is 13.2. The lowest BCUT2D eigenvalue weighted by molar-refractivity contribution is -0.125. The van der Waals surface area contributed by atoms with E-state index in [0.29, 0.717) is 0 Å². The van der Waals surface area contributed by atoms with Crippen molar-refractivity contribution in [3.05, 3.63) is 45.3 Å². The van der Waals surface area contributed by atoms with E-state index in [2.05, 4.69) is 4.74 Å². The standard InChI is InChI=1S/C15H10ClF3N2O6/c16-7-1-2-10-8(3-7)9(22)4-11(27-10)13(24)26-5-12(23)21-14(25)20-6-15(17,18)19/h1-4H,5-6H2,(H2,20,21,23,25). The molecule has 0 fully saturated rings. The third kappa shape index (κ3) is 5.99. The van der Waals surface area contributed by atoms with Crippen molar-refractivity contribution in [3.63, 3.8) is 0 Å². The summed E-state index contributed by atoms with van der Waals surface area (Å²) < 4.78 is 45.5. The predicted octanol–water partition coefficient (Wildman–Crippen LogP) is 1.99. The molecule has 0 aliphatic heterocycles. The van der Waals surface area contributed by atoms with Gasteiger partial charge in [0.2, 0.25) is 5.76 Å². The second-order valence-corrected chi connectivity index (χ2v) is 5.47. The third-order valence-corrected chi connectivity index (χ3v) is 3.16. The Bertz CT molecular complexity index is 957. The van der Waals surface area contributed by atoms with Crippen LogP contribution in [0.1, 0.15) is 10.6 Å². The molecular formula is C15H10ClF3N2O6. The quantitative estimate of drug-likeness (QED) is 0.750. The summed E-state index contributed by atoms with van der Waals surface area (Å²) in [5, 5.41) is 3.34. The molecule has 27 heavy (non-hydrogen) atoms. The van der Waals surface area contributed by atoms with Crippen molar-refractivity contribution in [1.29, 1.82) is 0 Å². The number of urea groups is 1. The first-order valence-corrected chi connectivity index (χ1v) is 7.48. The van der Waals surface area contributed by atoms with E-state index in [-0.39, 0.29) is 16.0 Å². The summed E-state index contributed by atoms with van der Waals surface area (Å²) in [4.78, 5) is 46.3. The molecule has 3 amide bonds. The molecule has 0 aliphatic rings. The second-order valence-electron chi connectivity index (χ2n) is 5.04. The van der Waals surface area contributed by atoms with Crippen LogP contribution < -0.4 is 16.1 Å². The first kappa shape index (κ1) is 20.2. The average molecular weight is 407 g/mol. The molecule has 1 heterocycles. The highest BCUT2D eigenvalue weighted by Crippen LogP contribution is 2.18. The Labute approximate surface area is 153 Å². The molecule has 2 N–H and O–H groups in total. The van der Waals surface area contributed by atoms with Crippen molar-refractivity contribution >= 4 is 40.5 Å². The highest BCUT2D eigenvalue weighted by Gasteiger charge is 2.28. The average Bonchev–Trinajstić information content (AvgIpc) is 2.57. The third-order valence-electron chi connectivity index (χ3n) is 2.93. The fourth-order valence-electron chi connectivity index (χ4n) is 1.82. The number of esters is 1. The largest absolute Gasteiger partial charge is 0.450 e. The van der Waals surface area contributed by atoms with Crippen molar-refractivity contribution < 1.29 is 36.7 Å². The van der Waals surface area contributed by atoms with Gasteiger partial charge in [0.25, 0.3) is 5.91 Å². The highest BCUT2D eigenvalue weighted by molar-refractivity contribution is 6.31. The zero-order valence-corrected chi connectivity index (χ0v) is 13.9. The van der Waals surface area contributed by atoms with Crippen LogP contribution >= 0.6 is 11.6 Å². The van der Waals surface area contributed by atoms with Gasteiger partial charge in [-0.1, -0.05) is 11.6 Å². The fourth-order valence-corrected chi connectivity index (χ4v) is 1.99. The van der Waals surface area contributed by atoms with E-state index in [1.807, 2.05) is 0 Å². The summed E-state index contributed by atoms with van der Waals surface area (Å²) in [6, 6.07) is 3.53. The van der Waals surface area contributed by atoms with Crippen LogP contribution in [-0.2, 0) is 9.53 Å². The predicted molar refractivity (Wildman–Crippen MR) is 85.4 cm³/mol. The van der Waals surface area contributed by atoms with Gasteiger partial charge in [-0.15, -0.1) is 0 Å². The monoisotopic (exact) mass is 406 g/mol. The second kappa shape index (κ2) is 8.08. The number of amides is 3. The lowest BCUT2D eigenvalue weighted by atomic mass is 10.2. The molecule has 1 aromatic heterocycles. The van der Waals surface area contributed by atoms with Gasteiger partial charge in [-0.05, 0) is 18.2 Å². The molecular weight excluding hydrogens is 397 g/mol. The number of alkyl halides is 3. The molecule has 12 heteroatoms. The van der Waals surface area contributed by atoms with Crippen molar-refractivity contribution in [2.75, 3.05) is 13.2 Å². The van der Waals surface area contributed by atoms with E-state index in [0.717, 1.165) is 6.07 Å². The molecule has 0 saturated carbocycles. The lowest BCUT2D eigenvalue weighted by Crippen LogP contribution is -2.44. The molecule has 0 bridgehead atoms. The highest BCUT2D eigenvalue weighted by atomic mass is 35.5. The van der Waals surface area contributed by atoms with Crippen molar-refractivity contribution in [1.82, 2.24) is 10.6 Å². The Kier molecular flexibility index (Phi) is 6.05. The summed E-state index contributed by atoms with van der Waals surface area (Å²) in [5.74, 6) is -2.88. The van der Waals surface area contributed by atoms with Crippen LogP contribution in [0.5, 0.6) is 0 Å². The van der Waals surface area contributed by atoms with Gasteiger partial charge in [0.15, 0.2) is 12.0 Å². The molecule has 0 spiro atoms. The van der Waals surface area contributed by atoms with Gasteiger partial charge in [0.05, 0.1) is 5.39 Å². The molecule has 0 aliphatic carbocycles. The normalized spacial score (nSPS) is 11.1. The first-order valence-electron chi connectivity index (χ1n) is 7.10. The van der Waals surface area contributed by atoms with Crippen LogP contribution in [0.4, 0.5) is 18.0 Å². The lowest BCUT2D eigenvalue weighted by Gasteiger charge is -2.09. The first-order chi connectivity index (χ1) is 12.5. The molecule has 2 aromatic rings.